The Morgan fingerprint density at radius 3 is 2.76 bits per heavy atom. The number of amides is 1. The van der Waals surface area contributed by atoms with Crippen LogP contribution in [0.3, 0.4) is 0 Å². The molecule has 0 radical (unpaired) electrons. The summed E-state index contributed by atoms with van der Waals surface area (Å²) in [6.07, 6.45) is 0.388. The zero-order valence-electron chi connectivity index (χ0n) is 8.88. The molecule has 2 atom stereocenters. The molecule has 1 aromatic carbocycles. The van der Waals surface area contributed by atoms with Gasteiger partial charge in [0.25, 0.3) is 0 Å². The molecule has 0 bridgehead atoms. The highest BCUT2D eigenvalue weighted by molar-refractivity contribution is 5.98. The molecule has 1 saturated carbocycles. The summed E-state index contributed by atoms with van der Waals surface area (Å²) in [5, 5.41) is 20.0. The molecule has 1 fully saturated rings. The van der Waals surface area contributed by atoms with Gasteiger partial charge in [-0.25, -0.2) is 0 Å². The monoisotopic (exact) mass is 230 g/mol. The molecule has 1 amide bonds. The zero-order valence-corrected chi connectivity index (χ0v) is 8.88. The van der Waals surface area contributed by atoms with Crippen molar-refractivity contribution >= 4 is 17.6 Å². The van der Waals surface area contributed by atoms with Crippen molar-refractivity contribution in [3.63, 3.8) is 0 Å². The van der Waals surface area contributed by atoms with Crippen LogP contribution in [0.25, 0.3) is 0 Å². The molecule has 1 aromatic rings. The van der Waals surface area contributed by atoms with Crippen LogP contribution in [0.2, 0.25) is 0 Å². The third-order valence-corrected chi connectivity index (χ3v) is 2.70. The van der Waals surface area contributed by atoms with Gasteiger partial charge in [-0.05, 0) is 24.6 Å². The Balaban J connectivity index is 2.00. The van der Waals surface area contributed by atoms with Crippen LogP contribution in [0.4, 0.5) is 5.69 Å². The van der Waals surface area contributed by atoms with E-state index in [4.69, 9.17) is 10.4 Å². The molecule has 0 heterocycles. The van der Waals surface area contributed by atoms with Crippen LogP contribution in [0, 0.1) is 23.2 Å². The first-order chi connectivity index (χ1) is 8.11. The summed E-state index contributed by atoms with van der Waals surface area (Å²) in [6.45, 7) is 0. The van der Waals surface area contributed by atoms with E-state index < -0.39 is 17.8 Å². The maximum atomic E-state index is 11.6. The Bertz CT molecular complexity index is 519. The summed E-state index contributed by atoms with van der Waals surface area (Å²) in [7, 11) is 0. The van der Waals surface area contributed by atoms with Crippen LogP contribution in [-0.4, -0.2) is 17.0 Å². The van der Waals surface area contributed by atoms with Crippen LogP contribution in [-0.2, 0) is 9.59 Å². The summed E-state index contributed by atoms with van der Waals surface area (Å²) in [5.41, 5.74) is 0.971. The first-order valence-corrected chi connectivity index (χ1v) is 5.15. The third-order valence-electron chi connectivity index (χ3n) is 2.70. The van der Waals surface area contributed by atoms with E-state index in [1.54, 1.807) is 24.3 Å². The van der Waals surface area contributed by atoms with Gasteiger partial charge in [-0.15, -0.1) is 0 Å². The number of nitrogens with one attached hydrogen (secondary N) is 1. The first kappa shape index (κ1) is 11.1. The fraction of sp³-hybridized carbons (Fsp3) is 0.250. The van der Waals surface area contributed by atoms with Gasteiger partial charge in [0, 0.05) is 5.69 Å². The molecule has 0 saturated heterocycles. The van der Waals surface area contributed by atoms with Crippen LogP contribution >= 0.6 is 0 Å². The predicted molar refractivity (Wildman–Crippen MR) is 59.0 cm³/mol. The van der Waals surface area contributed by atoms with Gasteiger partial charge in [0.2, 0.25) is 5.91 Å². The zero-order chi connectivity index (χ0) is 12.4. The maximum absolute atomic E-state index is 11.6. The highest BCUT2D eigenvalue weighted by Gasteiger charge is 2.48. The van der Waals surface area contributed by atoms with E-state index in [0.717, 1.165) is 0 Å². The number of hydrogen-bond acceptors (Lipinski definition) is 3. The van der Waals surface area contributed by atoms with Crippen molar-refractivity contribution in [1.82, 2.24) is 0 Å². The van der Waals surface area contributed by atoms with E-state index in [2.05, 4.69) is 5.32 Å². The molecule has 2 unspecified atom stereocenters. The fourth-order valence-electron chi connectivity index (χ4n) is 1.66. The lowest BCUT2D eigenvalue weighted by molar-refractivity contribution is -0.139. The number of nitriles is 1. The lowest BCUT2D eigenvalue weighted by atomic mass is 10.2. The second kappa shape index (κ2) is 4.26. The van der Waals surface area contributed by atoms with Crippen molar-refractivity contribution in [2.24, 2.45) is 11.8 Å². The normalized spacial score (nSPS) is 21.4. The molecule has 5 nitrogen and oxygen atoms in total. The summed E-state index contributed by atoms with van der Waals surface area (Å²) in [5.74, 6) is -2.24. The van der Waals surface area contributed by atoms with E-state index >= 15 is 0 Å². The van der Waals surface area contributed by atoms with Crippen LogP contribution in [0.15, 0.2) is 24.3 Å². The molecule has 17 heavy (non-hydrogen) atoms. The first-order valence-electron chi connectivity index (χ1n) is 5.15. The largest absolute Gasteiger partial charge is 0.481 e. The minimum atomic E-state index is -0.934. The van der Waals surface area contributed by atoms with Crippen LogP contribution in [0.1, 0.15) is 12.0 Å². The van der Waals surface area contributed by atoms with Crippen LogP contribution in [0.5, 0.6) is 0 Å². The van der Waals surface area contributed by atoms with Gasteiger partial charge >= 0.3 is 5.97 Å². The molecule has 0 spiro atoms. The average molecular weight is 230 g/mol. The molecule has 5 heteroatoms. The van der Waals surface area contributed by atoms with E-state index in [1.807, 2.05) is 6.07 Å². The number of aliphatic carboxylic acids is 1. The van der Waals surface area contributed by atoms with Crippen molar-refractivity contribution in [1.29, 1.82) is 5.26 Å². The minimum Gasteiger partial charge on any atom is -0.481 e. The van der Waals surface area contributed by atoms with E-state index in [9.17, 15) is 9.59 Å². The number of carbonyl (C=O) groups excluding carboxylic acids is 1. The molecule has 86 valence electrons. The highest BCUT2D eigenvalue weighted by Crippen LogP contribution is 2.39. The fourth-order valence-corrected chi connectivity index (χ4v) is 1.66. The van der Waals surface area contributed by atoms with Crippen molar-refractivity contribution < 1.29 is 14.7 Å². The number of carboxylic acids is 1. The number of rotatable bonds is 3. The van der Waals surface area contributed by atoms with Gasteiger partial charge in [-0.1, -0.05) is 6.07 Å². The van der Waals surface area contributed by atoms with Crippen molar-refractivity contribution in [2.45, 2.75) is 6.42 Å². The topological polar surface area (TPSA) is 90.2 Å². The van der Waals surface area contributed by atoms with Crippen molar-refractivity contribution in [2.75, 3.05) is 5.32 Å². The Hall–Kier alpha value is -2.35. The lowest BCUT2D eigenvalue weighted by Gasteiger charge is -2.04. The van der Waals surface area contributed by atoms with Gasteiger partial charge in [-0.2, -0.15) is 5.26 Å². The number of benzene rings is 1. The molecule has 2 rings (SSSR count). The lowest BCUT2D eigenvalue weighted by Crippen LogP contribution is -2.16. The molecule has 0 aliphatic heterocycles. The predicted octanol–water partition coefficient (Wildman–Crippen LogP) is 1.22. The van der Waals surface area contributed by atoms with Gasteiger partial charge in [0.05, 0.1) is 23.5 Å². The molecular formula is C12H10N2O3. The Morgan fingerprint density at radius 2 is 2.18 bits per heavy atom. The molecule has 0 aromatic heterocycles. The molecule has 2 N–H and O–H groups in total. The van der Waals surface area contributed by atoms with Gasteiger partial charge in [-0.3, -0.25) is 9.59 Å². The number of hydrogen-bond donors (Lipinski definition) is 2. The van der Waals surface area contributed by atoms with E-state index in [-0.39, 0.29) is 5.91 Å². The smallest absolute Gasteiger partial charge is 0.307 e. The number of carbonyl (C=O) groups is 2. The Kier molecular flexibility index (Phi) is 2.79. The number of anilines is 1. The maximum Gasteiger partial charge on any atom is 0.307 e. The summed E-state index contributed by atoms with van der Waals surface area (Å²) >= 11 is 0. The van der Waals surface area contributed by atoms with E-state index in [0.29, 0.717) is 17.7 Å². The SMILES string of the molecule is N#Cc1cccc(NC(=O)C2CC2C(=O)O)c1. The standard InChI is InChI=1S/C12H10N2O3/c13-6-7-2-1-3-8(4-7)14-11(15)9-5-10(9)12(16)17/h1-4,9-10H,5H2,(H,14,15)(H,16,17). The second-order valence-corrected chi connectivity index (χ2v) is 3.97. The van der Waals surface area contributed by atoms with Gasteiger partial charge < -0.3 is 10.4 Å². The Morgan fingerprint density at radius 1 is 1.41 bits per heavy atom. The molecule has 1 aliphatic carbocycles. The Labute approximate surface area is 97.7 Å². The third kappa shape index (κ3) is 2.42. The van der Waals surface area contributed by atoms with Crippen LogP contribution < -0.4 is 5.32 Å². The highest BCUT2D eigenvalue weighted by atomic mass is 16.4. The summed E-state index contributed by atoms with van der Waals surface area (Å²) < 4.78 is 0. The second-order valence-electron chi connectivity index (χ2n) is 3.97. The minimum absolute atomic E-state index is 0.299. The quantitative estimate of drug-likeness (QED) is 0.816. The molecule has 1 aliphatic rings. The van der Waals surface area contributed by atoms with Gasteiger partial charge in [0.15, 0.2) is 0 Å². The molecular weight excluding hydrogens is 220 g/mol. The van der Waals surface area contributed by atoms with Crippen molar-refractivity contribution in [3.8, 4) is 6.07 Å². The summed E-state index contributed by atoms with van der Waals surface area (Å²) in [4.78, 5) is 22.2. The van der Waals surface area contributed by atoms with Gasteiger partial charge in [0.1, 0.15) is 0 Å². The van der Waals surface area contributed by atoms with E-state index in [1.165, 1.54) is 0 Å². The average Bonchev–Trinajstić information content (AvgIpc) is 3.09. The summed E-state index contributed by atoms with van der Waals surface area (Å²) in [6, 6.07) is 8.48. The number of carboxylic acid groups (broad SMARTS) is 1. The van der Waals surface area contributed by atoms with Crippen molar-refractivity contribution in [3.05, 3.63) is 29.8 Å². The number of nitrogens with zero attached hydrogens (tertiary/aromatic N) is 1.